The quantitative estimate of drug-likeness (QED) is 0.476. The predicted molar refractivity (Wildman–Crippen MR) is 33.6 cm³/mol. The molecule has 4 heteroatoms. The molecule has 0 aliphatic carbocycles. The SMILES string of the molecule is CCOC(C)(C)C([NH3+])=O.[Cl-]. The van der Waals surface area contributed by atoms with Gasteiger partial charge < -0.3 is 17.1 Å². The summed E-state index contributed by atoms with van der Waals surface area (Å²) >= 11 is 0. The van der Waals surface area contributed by atoms with Gasteiger partial charge in [0.15, 0.2) is 5.60 Å². The second-order valence-corrected chi connectivity index (χ2v) is 2.37. The second-order valence-electron chi connectivity index (χ2n) is 2.37. The van der Waals surface area contributed by atoms with Crippen LogP contribution in [0.4, 0.5) is 0 Å². The van der Waals surface area contributed by atoms with Gasteiger partial charge in [0.25, 0.3) is 0 Å². The van der Waals surface area contributed by atoms with Crippen molar-refractivity contribution < 1.29 is 27.7 Å². The molecule has 0 aliphatic heterocycles. The Bertz CT molecular complexity index is 114. The molecule has 0 aromatic heterocycles. The summed E-state index contributed by atoms with van der Waals surface area (Å²) in [5, 5.41) is 0. The number of carbonyl (C=O) groups is 1. The van der Waals surface area contributed by atoms with Crippen molar-refractivity contribution in [1.29, 1.82) is 0 Å². The fraction of sp³-hybridized carbons (Fsp3) is 0.833. The van der Waals surface area contributed by atoms with E-state index in [0.29, 0.717) is 6.61 Å². The summed E-state index contributed by atoms with van der Waals surface area (Å²) < 4.78 is 5.08. The van der Waals surface area contributed by atoms with Crippen LogP contribution in [0.15, 0.2) is 0 Å². The molecule has 3 N–H and O–H groups in total. The first-order chi connectivity index (χ1) is 4.00. The third-order valence-electron chi connectivity index (χ3n) is 1.18. The summed E-state index contributed by atoms with van der Waals surface area (Å²) in [5.41, 5.74) is 2.57. The topological polar surface area (TPSA) is 53.9 Å². The minimum absolute atomic E-state index is 0. The molecule has 3 nitrogen and oxygen atoms in total. The number of hydrogen-bond acceptors (Lipinski definition) is 2. The van der Waals surface area contributed by atoms with Crippen molar-refractivity contribution in [1.82, 2.24) is 0 Å². The third-order valence-corrected chi connectivity index (χ3v) is 1.18. The van der Waals surface area contributed by atoms with Crippen LogP contribution in [-0.2, 0) is 9.53 Å². The normalized spacial score (nSPS) is 10.4. The molecular formula is C6H14ClNO2. The highest BCUT2D eigenvalue weighted by atomic mass is 35.5. The molecule has 1 amide bonds. The monoisotopic (exact) mass is 167 g/mol. The Labute approximate surface area is 67.3 Å². The van der Waals surface area contributed by atoms with Gasteiger partial charge in [0, 0.05) is 6.61 Å². The molecule has 0 aromatic carbocycles. The molecule has 0 radical (unpaired) electrons. The maximum Gasteiger partial charge on any atom is 0.340 e. The highest BCUT2D eigenvalue weighted by Gasteiger charge is 2.28. The standard InChI is InChI=1S/C6H13NO2.ClH/c1-4-9-6(2,3)5(7)8;/h4H2,1-3H3,(H2,7,8);1H. The molecule has 0 saturated carbocycles. The van der Waals surface area contributed by atoms with Gasteiger partial charge in [-0.15, -0.1) is 0 Å². The van der Waals surface area contributed by atoms with Crippen LogP contribution < -0.4 is 18.1 Å². The van der Waals surface area contributed by atoms with Gasteiger partial charge in [0.2, 0.25) is 0 Å². The summed E-state index contributed by atoms with van der Waals surface area (Å²) in [6.07, 6.45) is 0. The zero-order chi connectivity index (χ0) is 7.49. The molecule has 0 unspecified atom stereocenters. The van der Waals surface area contributed by atoms with Crippen LogP contribution in [0.5, 0.6) is 0 Å². The lowest BCUT2D eigenvalue weighted by molar-refractivity contribution is -0.324. The molecule has 0 atom stereocenters. The van der Waals surface area contributed by atoms with E-state index in [4.69, 9.17) is 4.74 Å². The lowest BCUT2D eigenvalue weighted by Gasteiger charge is -2.16. The van der Waals surface area contributed by atoms with Crippen LogP contribution in [0.1, 0.15) is 20.8 Å². The zero-order valence-electron chi connectivity index (χ0n) is 6.61. The Morgan fingerprint density at radius 2 is 2.00 bits per heavy atom. The highest BCUT2D eigenvalue weighted by Crippen LogP contribution is 2.05. The molecule has 62 valence electrons. The molecule has 0 aliphatic rings. The minimum Gasteiger partial charge on any atom is -1.00 e. The van der Waals surface area contributed by atoms with E-state index in [1.165, 1.54) is 0 Å². The molecule has 0 rings (SSSR count). The van der Waals surface area contributed by atoms with Gasteiger partial charge in [0.1, 0.15) is 0 Å². The van der Waals surface area contributed by atoms with Gasteiger partial charge in [0.05, 0.1) is 0 Å². The van der Waals surface area contributed by atoms with E-state index in [1.807, 2.05) is 6.92 Å². The maximum atomic E-state index is 10.6. The van der Waals surface area contributed by atoms with Crippen molar-refractivity contribution in [3.63, 3.8) is 0 Å². The number of halogens is 1. The summed E-state index contributed by atoms with van der Waals surface area (Å²) in [5.74, 6) is -0.177. The van der Waals surface area contributed by atoms with E-state index in [1.54, 1.807) is 13.8 Å². The second kappa shape index (κ2) is 4.66. The van der Waals surface area contributed by atoms with Gasteiger partial charge in [-0.2, -0.15) is 0 Å². The fourth-order valence-corrected chi connectivity index (χ4v) is 0.441. The Hall–Kier alpha value is -0.120. The number of amides is 1. The average molecular weight is 168 g/mol. The molecule has 0 spiro atoms. The summed E-state index contributed by atoms with van der Waals surface area (Å²) in [6.45, 7) is 5.83. The molecular weight excluding hydrogens is 154 g/mol. The van der Waals surface area contributed by atoms with E-state index >= 15 is 0 Å². The average Bonchev–Trinajstić information content (AvgIpc) is 1.65. The van der Waals surface area contributed by atoms with E-state index in [2.05, 4.69) is 5.73 Å². The van der Waals surface area contributed by atoms with Crippen molar-refractivity contribution in [2.24, 2.45) is 0 Å². The lowest BCUT2D eigenvalue weighted by atomic mass is 10.1. The van der Waals surface area contributed by atoms with Gasteiger partial charge in [-0.25, -0.2) is 4.79 Å². The number of rotatable bonds is 3. The zero-order valence-corrected chi connectivity index (χ0v) is 7.36. The van der Waals surface area contributed by atoms with Crippen LogP contribution in [0.2, 0.25) is 0 Å². The Kier molecular flexibility index (Phi) is 5.84. The minimum atomic E-state index is -0.700. The van der Waals surface area contributed by atoms with Gasteiger partial charge in [-0.3, -0.25) is 5.73 Å². The van der Waals surface area contributed by atoms with E-state index in [-0.39, 0.29) is 18.3 Å². The third kappa shape index (κ3) is 3.82. The largest absolute Gasteiger partial charge is 1.00 e. The van der Waals surface area contributed by atoms with Gasteiger partial charge in [-0.1, -0.05) is 0 Å². The number of quaternary nitrogens is 1. The smallest absolute Gasteiger partial charge is 0.340 e. The van der Waals surface area contributed by atoms with Crippen molar-refractivity contribution >= 4 is 5.91 Å². The van der Waals surface area contributed by atoms with Crippen molar-refractivity contribution in [2.45, 2.75) is 26.4 Å². The van der Waals surface area contributed by atoms with E-state index in [9.17, 15) is 4.79 Å². The highest BCUT2D eigenvalue weighted by molar-refractivity contribution is 5.74. The summed E-state index contributed by atoms with van der Waals surface area (Å²) in [4.78, 5) is 10.6. The number of carbonyl (C=O) groups excluding carboxylic acids is 1. The molecule has 0 aromatic rings. The van der Waals surface area contributed by atoms with Crippen LogP contribution in [0.3, 0.4) is 0 Å². The van der Waals surface area contributed by atoms with E-state index in [0.717, 1.165) is 0 Å². The summed E-state index contributed by atoms with van der Waals surface area (Å²) in [6, 6.07) is 0. The fourth-order valence-electron chi connectivity index (χ4n) is 0.441. The van der Waals surface area contributed by atoms with Crippen molar-refractivity contribution in [3.8, 4) is 0 Å². The molecule has 0 saturated heterocycles. The van der Waals surface area contributed by atoms with E-state index < -0.39 is 5.60 Å². The number of ether oxygens (including phenoxy) is 1. The van der Waals surface area contributed by atoms with Crippen LogP contribution in [0, 0.1) is 0 Å². The predicted octanol–water partition coefficient (Wildman–Crippen LogP) is -3.43. The van der Waals surface area contributed by atoms with Crippen LogP contribution in [-0.4, -0.2) is 18.1 Å². The Morgan fingerprint density at radius 3 is 2.10 bits per heavy atom. The first-order valence-corrected chi connectivity index (χ1v) is 3.01. The van der Waals surface area contributed by atoms with Crippen LogP contribution >= 0.6 is 0 Å². The molecule has 10 heavy (non-hydrogen) atoms. The molecule has 0 heterocycles. The van der Waals surface area contributed by atoms with Crippen molar-refractivity contribution in [3.05, 3.63) is 0 Å². The van der Waals surface area contributed by atoms with Crippen LogP contribution in [0.25, 0.3) is 0 Å². The molecule has 0 bridgehead atoms. The van der Waals surface area contributed by atoms with Crippen molar-refractivity contribution in [2.75, 3.05) is 6.61 Å². The Morgan fingerprint density at radius 1 is 1.60 bits per heavy atom. The van der Waals surface area contributed by atoms with Gasteiger partial charge >= 0.3 is 5.91 Å². The lowest BCUT2D eigenvalue weighted by Crippen LogP contribution is -3.00. The summed E-state index contributed by atoms with van der Waals surface area (Å²) in [7, 11) is 0. The van der Waals surface area contributed by atoms with Gasteiger partial charge in [-0.05, 0) is 20.8 Å². The first-order valence-electron chi connectivity index (χ1n) is 3.01. The maximum absolute atomic E-state index is 10.6. The number of hydrogen-bond donors (Lipinski definition) is 1. The molecule has 0 fully saturated rings. The Balaban J connectivity index is 0. The first kappa shape index (κ1) is 12.5.